The van der Waals surface area contributed by atoms with E-state index in [9.17, 15) is 4.79 Å². The highest BCUT2D eigenvalue weighted by Gasteiger charge is 2.33. The molecule has 1 aromatic rings. The summed E-state index contributed by atoms with van der Waals surface area (Å²) in [7, 11) is 2.11. The molecular weight excluding hydrogens is 304 g/mol. The van der Waals surface area contributed by atoms with E-state index in [0.717, 1.165) is 39.1 Å². The van der Waals surface area contributed by atoms with Crippen LogP contribution in [0.5, 0.6) is 0 Å². The summed E-state index contributed by atoms with van der Waals surface area (Å²) in [4.78, 5) is 23.1. The number of piperidine rings is 1. The summed E-state index contributed by atoms with van der Waals surface area (Å²) in [6, 6.07) is 0. The van der Waals surface area contributed by atoms with E-state index in [4.69, 9.17) is 0 Å². The number of nitrogens with zero attached hydrogens (tertiary/aromatic N) is 5. The maximum Gasteiger partial charge on any atom is 0.291 e. The maximum absolute atomic E-state index is 12.5. The average molecular weight is 332 g/mol. The Morgan fingerprint density at radius 2 is 2.21 bits per heavy atom. The molecule has 1 aromatic heterocycles. The first kappa shape index (κ1) is 16.8. The number of rotatable bonds is 3. The minimum absolute atomic E-state index is 0.0495. The zero-order valence-electron chi connectivity index (χ0n) is 15.1. The third-order valence-electron chi connectivity index (χ3n) is 4.52. The van der Waals surface area contributed by atoms with Crippen LogP contribution in [0.15, 0.2) is 18.2 Å². The number of amides is 1. The molecule has 1 fully saturated rings. The number of likely N-dealkylation sites (tertiary alicyclic amines) is 1. The first-order chi connectivity index (χ1) is 11.3. The second-order valence-corrected chi connectivity index (χ2v) is 8.14. The Bertz CT molecular complexity index is 603. The lowest BCUT2D eigenvalue weighted by molar-refractivity contribution is 0.0659. The minimum atomic E-state index is -0.0495. The molecule has 1 amide bonds. The summed E-state index contributed by atoms with van der Waals surface area (Å²) >= 11 is 0. The van der Waals surface area contributed by atoms with Gasteiger partial charge >= 0.3 is 0 Å². The van der Waals surface area contributed by atoms with Crippen molar-refractivity contribution in [2.75, 3.05) is 33.4 Å². The van der Waals surface area contributed by atoms with Crippen LogP contribution in [-0.4, -0.2) is 69.1 Å². The van der Waals surface area contributed by atoms with Crippen molar-refractivity contribution in [1.29, 1.82) is 0 Å². The second-order valence-electron chi connectivity index (χ2n) is 8.14. The van der Waals surface area contributed by atoms with Crippen LogP contribution in [0.1, 0.15) is 44.2 Å². The topological polar surface area (TPSA) is 68.4 Å². The highest BCUT2D eigenvalue weighted by Crippen LogP contribution is 2.32. The molecule has 0 bridgehead atoms. The molecule has 7 nitrogen and oxygen atoms in total. The molecular formula is C17H28N6O. The van der Waals surface area contributed by atoms with E-state index in [1.54, 1.807) is 0 Å². The van der Waals surface area contributed by atoms with Gasteiger partial charge in [-0.3, -0.25) is 9.89 Å². The van der Waals surface area contributed by atoms with Gasteiger partial charge < -0.3 is 14.7 Å². The van der Waals surface area contributed by atoms with Crippen molar-refractivity contribution in [3.8, 4) is 0 Å². The summed E-state index contributed by atoms with van der Waals surface area (Å²) in [6.45, 7) is 10.3. The van der Waals surface area contributed by atoms with Crippen molar-refractivity contribution in [3.63, 3.8) is 0 Å². The standard InChI is InChI=1S/C17H28N6O/c1-17(2,3)10-23-12-21(4)9-14(23)13-6-5-7-22(8-13)16(24)15-18-11-19-20-15/h9,11,13H,5-8,10,12H2,1-4H3,(H,18,19,20). The largest absolute Gasteiger partial charge is 0.361 e. The van der Waals surface area contributed by atoms with E-state index in [-0.39, 0.29) is 11.3 Å². The van der Waals surface area contributed by atoms with Crippen LogP contribution in [0.3, 0.4) is 0 Å². The highest BCUT2D eigenvalue weighted by molar-refractivity contribution is 5.90. The summed E-state index contributed by atoms with van der Waals surface area (Å²) in [5.74, 6) is 0.671. The molecule has 3 rings (SSSR count). The number of carbonyl (C=O) groups excluding carboxylic acids is 1. The predicted octanol–water partition coefficient (Wildman–Crippen LogP) is 1.75. The molecule has 0 aromatic carbocycles. The summed E-state index contributed by atoms with van der Waals surface area (Å²) in [6.07, 6.45) is 5.78. The van der Waals surface area contributed by atoms with E-state index in [2.05, 4.69) is 59.0 Å². The van der Waals surface area contributed by atoms with Gasteiger partial charge in [0, 0.05) is 44.5 Å². The van der Waals surface area contributed by atoms with Crippen molar-refractivity contribution in [1.82, 2.24) is 29.9 Å². The SMILES string of the molecule is CN1C=C(C2CCCN(C(=O)c3ncn[nH]3)C2)N(CC(C)(C)C)C1. The summed E-state index contributed by atoms with van der Waals surface area (Å²) in [5.41, 5.74) is 1.61. The van der Waals surface area contributed by atoms with Crippen molar-refractivity contribution in [3.05, 3.63) is 24.0 Å². The van der Waals surface area contributed by atoms with Crippen molar-refractivity contribution >= 4 is 5.91 Å². The van der Waals surface area contributed by atoms with Gasteiger partial charge in [-0.1, -0.05) is 20.8 Å². The fourth-order valence-corrected chi connectivity index (χ4v) is 3.64. The molecule has 1 atom stereocenters. The van der Waals surface area contributed by atoms with Gasteiger partial charge in [0.15, 0.2) is 0 Å². The molecule has 3 heterocycles. The van der Waals surface area contributed by atoms with Crippen LogP contribution in [0.2, 0.25) is 0 Å². The van der Waals surface area contributed by atoms with Gasteiger partial charge in [-0.25, -0.2) is 4.98 Å². The molecule has 0 saturated carbocycles. The van der Waals surface area contributed by atoms with Crippen LogP contribution < -0.4 is 0 Å². The van der Waals surface area contributed by atoms with Gasteiger partial charge in [0.05, 0.1) is 6.67 Å². The van der Waals surface area contributed by atoms with Crippen LogP contribution in [0.4, 0.5) is 0 Å². The Morgan fingerprint density at radius 1 is 1.42 bits per heavy atom. The third-order valence-corrected chi connectivity index (χ3v) is 4.52. The number of aromatic nitrogens is 3. The molecule has 2 aliphatic rings. The van der Waals surface area contributed by atoms with Gasteiger partial charge in [0.25, 0.3) is 5.91 Å². The molecule has 0 radical (unpaired) electrons. The smallest absolute Gasteiger partial charge is 0.291 e. The highest BCUT2D eigenvalue weighted by atomic mass is 16.2. The predicted molar refractivity (Wildman–Crippen MR) is 91.9 cm³/mol. The van der Waals surface area contributed by atoms with Gasteiger partial charge in [-0.2, -0.15) is 5.10 Å². The molecule has 0 spiro atoms. The summed E-state index contributed by atoms with van der Waals surface area (Å²) in [5, 5.41) is 6.47. The third kappa shape index (κ3) is 3.71. The molecule has 24 heavy (non-hydrogen) atoms. The number of aromatic amines is 1. The molecule has 1 N–H and O–H groups in total. The van der Waals surface area contributed by atoms with Gasteiger partial charge in [0.1, 0.15) is 6.33 Å². The summed E-state index contributed by atoms with van der Waals surface area (Å²) < 4.78 is 0. The molecule has 2 aliphatic heterocycles. The number of H-pyrrole nitrogens is 1. The lowest BCUT2D eigenvalue weighted by atomic mass is 9.91. The number of nitrogens with one attached hydrogen (secondary N) is 1. The number of hydrogen-bond donors (Lipinski definition) is 1. The van der Waals surface area contributed by atoms with E-state index < -0.39 is 0 Å². The van der Waals surface area contributed by atoms with Crippen molar-refractivity contribution in [2.24, 2.45) is 11.3 Å². The molecule has 0 aliphatic carbocycles. The van der Waals surface area contributed by atoms with Crippen molar-refractivity contribution in [2.45, 2.75) is 33.6 Å². The minimum Gasteiger partial charge on any atom is -0.361 e. The van der Waals surface area contributed by atoms with E-state index >= 15 is 0 Å². The fourth-order valence-electron chi connectivity index (χ4n) is 3.64. The van der Waals surface area contributed by atoms with Crippen LogP contribution in [0.25, 0.3) is 0 Å². The van der Waals surface area contributed by atoms with E-state index in [1.165, 1.54) is 12.0 Å². The Labute approximate surface area is 143 Å². The number of carbonyl (C=O) groups is 1. The van der Waals surface area contributed by atoms with Gasteiger partial charge in [-0.15, -0.1) is 0 Å². The molecule has 132 valence electrons. The Kier molecular flexibility index (Phi) is 4.51. The van der Waals surface area contributed by atoms with E-state index in [0.29, 0.717) is 11.7 Å². The number of hydrogen-bond acceptors (Lipinski definition) is 5. The second kappa shape index (κ2) is 6.45. The van der Waals surface area contributed by atoms with Crippen LogP contribution in [-0.2, 0) is 0 Å². The van der Waals surface area contributed by atoms with Gasteiger partial charge in [0.2, 0.25) is 5.82 Å². The Morgan fingerprint density at radius 3 is 2.88 bits per heavy atom. The molecule has 7 heteroatoms. The monoisotopic (exact) mass is 332 g/mol. The first-order valence-corrected chi connectivity index (χ1v) is 8.65. The lowest BCUT2D eigenvalue weighted by Gasteiger charge is -2.37. The van der Waals surface area contributed by atoms with Crippen molar-refractivity contribution < 1.29 is 4.79 Å². The Hall–Kier alpha value is -2.05. The zero-order valence-corrected chi connectivity index (χ0v) is 15.1. The average Bonchev–Trinajstić information content (AvgIpc) is 3.15. The molecule has 1 unspecified atom stereocenters. The van der Waals surface area contributed by atoms with Crippen LogP contribution in [0, 0.1) is 11.3 Å². The zero-order chi connectivity index (χ0) is 17.3. The normalized spacial score (nSPS) is 22.1. The quantitative estimate of drug-likeness (QED) is 0.913. The van der Waals surface area contributed by atoms with E-state index in [1.807, 2.05) is 4.90 Å². The Balaban J connectivity index is 1.71. The first-order valence-electron chi connectivity index (χ1n) is 8.65. The van der Waals surface area contributed by atoms with Crippen LogP contribution >= 0.6 is 0 Å². The van der Waals surface area contributed by atoms with Gasteiger partial charge in [-0.05, 0) is 18.3 Å². The fraction of sp³-hybridized carbons (Fsp3) is 0.706. The maximum atomic E-state index is 12.5. The lowest BCUT2D eigenvalue weighted by Crippen LogP contribution is -2.43. The molecule has 1 saturated heterocycles.